The number of aromatic nitrogens is 1. The smallest absolute Gasteiger partial charge is 0.253 e. The van der Waals surface area contributed by atoms with Crippen LogP contribution in [-0.2, 0) is 0 Å². The van der Waals surface area contributed by atoms with Gasteiger partial charge in [-0.2, -0.15) is 0 Å². The van der Waals surface area contributed by atoms with Crippen molar-refractivity contribution in [2.75, 3.05) is 13.9 Å². The predicted molar refractivity (Wildman–Crippen MR) is 97.5 cm³/mol. The van der Waals surface area contributed by atoms with Gasteiger partial charge in [0.25, 0.3) is 5.91 Å². The molecule has 1 amide bonds. The predicted octanol–water partition coefficient (Wildman–Crippen LogP) is 2.94. The summed E-state index contributed by atoms with van der Waals surface area (Å²) in [5, 5.41) is 3.08. The van der Waals surface area contributed by atoms with Gasteiger partial charge in [-0.25, -0.2) is 0 Å². The Morgan fingerprint density at radius 3 is 2.70 bits per heavy atom. The highest BCUT2D eigenvalue weighted by Crippen LogP contribution is 2.36. The van der Waals surface area contributed by atoms with E-state index in [1.807, 2.05) is 18.2 Å². The summed E-state index contributed by atoms with van der Waals surface area (Å²) in [6.07, 6.45) is 6.78. The van der Waals surface area contributed by atoms with Gasteiger partial charge in [-0.1, -0.05) is 0 Å². The molecule has 0 bridgehead atoms. The zero-order valence-corrected chi connectivity index (χ0v) is 15.1. The summed E-state index contributed by atoms with van der Waals surface area (Å²) < 4.78 is 21.9. The number of amides is 1. The van der Waals surface area contributed by atoms with Gasteiger partial charge in [0.05, 0.1) is 25.0 Å². The Labute approximate surface area is 157 Å². The Kier molecular flexibility index (Phi) is 5.00. The van der Waals surface area contributed by atoms with Crippen LogP contribution >= 0.6 is 0 Å². The average Bonchev–Trinajstić information content (AvgIpc) is 3.17. The molecule has 1 saturated carbocycles. The van der Waals surface area contributed by atoms with Crippen LogP contribution in [0.3, 0.4) is 0 Å². The van der Waals surface area contributed by atoms with E-state index in [0.29, 0.717) is 11.3 Å². The summed E-state index contributed by atoms with van der Waals surface area (Å²) in [6, 6.07) is 7.46. The zero-order valence-electron chi connectivity index (χ0n) is 15.1. The number of hydrogen-bond acceptors (Lipinski definition) is 6. The van der Waals surface area contributed by atoms with Crippen LogP contribution in [0.25, 0.3) is 0 Å². The molecule has 0 spiro atoms. The lowest BCUT2D eigenvalue weighted by atomic mass is 9.92. The van der Waals surface area contributed by atoms with Gasteiger partial charge in [0.15, 0.2) is 11.5 Å². The lowest BCUT2D eigenvalue weighted by molar-refractivity contribution is 0.0893. The SMILES string of the molecule is COc1cncc(C(=O)NC2CCC(Oc3ccc4c(c3)OCO4)CC2)c1. The minimum Gasteiger partial charge on any atom is -0.495 e. The van der Waals surface area contributed by atoms with E-state index in [2.05, 4.69) is 10.3 Å². The standard InChI is InChI=1S/C20H22N2O5/c1-24-17-8-13(10-21-11-17)20(23)22-14-2-4-15(5-3-14)27-16-6-7-18-19(9-16)26-12-25-18/h6-11,14-15H,2-5,12H2,1H3,(H,22,23). The van der Waals surface area contributed by atoms with Gasteiger partial charge < -0.3 is 24.3 Å². The molecule has 2 aliphatic rings. The first-order valence-electron chi connectivity index (χ1n) is 9.07. The van der Waals surface area contributed by atoms with E-state index in [1.165, 1.54) is 0 Å². The van der Waals surface area contributed by atoms with E-state index in [-0.39, 0.29) is 24.8 Å². The number of rotatable bonds is 5. The van der Waals surface area contributed by atoms with Crippen molar-refractivity contribution in [1.82, 2.24) is 10.3 Å². The molecule has 1 aromatic heterocycles. The summed E-state index contributed by atoms with van der Waals surface area (Å²) >= 11 is 0. The summed E-state index contributed by atoms with van der Waals surface area (Å²) in [5.41, 5.74) is 0.507. The molecule has 0 unspecified atom stereocenters. The number of carbonyl (C=O) groups is 1. The molecule has 1 aromatic carbocycles. The van der Waals surface area contributed by atoms with Gasteiger partial charge in [-0.3, -0.25) is 9.78 Å². The van der Waals surface area contributed by atoms with Crippen molar-refractivity contribution < 1.29 is 23.7 Å². The molecule has 2 heterocycles. The van der Waals surface area contributed by atoms with E-state index in [0.717, 1.165) is 42.9 Å². The number of hydrogen-bond donors (Lipinski definition) is 1. The monoisotopic (exact) mass is 370 g/mol. The van der Waals surface area contributed by atoms with Crippen LogP contribution in [0.1, 0.15) is 36.0 Å². The van der Waals surface area contributed by atoms with Gasteiger partial charge >= 0.3 is 0 Å². The van der Waals surface area contributed by atoms with Gasteiger partial charge in [-0.05, 0) is 43.9 Å². The van der Waals surface area contributed by atoms with Crippen molar-refractivity contribution in [3.63, 3.8) is 0 Å². The lowest BCUT2D eigenvalue weighted by Crippen LogP contribution is -2.39. The maximum absolute atomic E-state index is 12.4. The quantitative estimate of drug-likeness (QED) is 0.872. The molecular weight excluding hydrogens is 348 g/mol. The molecule has 1 aliphatic carbocycles. The van der Waals surface area contributed by atoms with Crippen LogP contribution in [0.2, 0.25) is 0 Å². The molecule has 0 radical (unpaired) electrons. The maximum Gasteiger partial charge on any atom is 0.253 e. The van der Waals surface area contributed by atoms with Crippen molar-refractivity contribution in [2.24, 2.45) is 0 Å². The van der Waals surface area contributed by atoms with Gasteiger partial charge in [-0.15, -0.1) is 0 Å². The fraction of sp³-hybridized carbons (Fsp3) is 0.400. The second-order valence-electron chi connectivity index (χ2n) is 6.69. The molecule has 27 heavy (non-hydrogen) atoms. The van der Waals surface area contributed by atoms with Crippen LogP contribution in [0.5, 0.6) is 23.0 Å². The largest absolute Gasteiger partial charge is 0.495 e. The van der Waals surface area contributed by atoms with Gasteiger partial charge in [0.1, 0.15) is 11.5 Å². The number of benzene rings is 1. The van der Waals surface area contributed by atoms with Crippen molar-refractivity contribution >= 4 is 5.91 Å². The molecule has 1 aliphatic heterocycles. The molecule has 142 valence electrons. The normalized spacial score (nSPS) is 20.8. The molecule has 7 heteroatoms. The fourth-order valence-corrected chi connectivity index (χ4v) is 3.39. The number of pyridine rings is 1. The number of ether oxygens (including phenoxy) is 4. The Morgan fingerprint density at radius 2 is 1.89 bits per heavy atom. The van der Waals surface area contributed by atoms with Crippen LogP contribution in [0.15, 0.2) is 36.7 Å². The summed E-state index contributed by atoms with van der Waals surface area (Å²) in [4.78, 5) is 16.4. The lowest BCUT2D eigenvalue weighted by Gasteiger charge is -2.29. The molecule has 1 fully saturated rings. The number of nitrogens with one attached hydrogen (secondary N) is 1. The molecule has 4 rings (SSSR count). The molecule has 0 atom stereocenters. The Hall–Kier alpha value is -2.96. The highest BCUT2D eigenvalue weighted by atomic mass is 16.7. The highest BCUT2D eigenvalue weighted by Gasteiger charge is 2.25. The van der Waals surface area contributed by atoms with Crippen LogP contribution < -0.4 is 24.3 Å². The topological polar surface area (TPSA) is 78.9 Å². The van der Waals surface area contributed by atoms with Crippen molar-refractivity contribution in [3.05, 3.63) is 42.2 Å². The minimum absolute atomic E-state index is 0.124. The Morgan fingerprint density at radius 1 is 1.07 bits per heavy atom. The van der Waals surface area contributed by atoms with Crippen molar-refractivity contribution in [3.8, 4) is 23.0 Å². The number of carbonyl (C=O) groups excluding carboxylic acids is 1. The van der Waals surface area contributed by atoms with Crippen molar-refractivity contribution in [1.29, 1.82) is 0 Å². The number of methoxy groups -OCH3 is 1. The molecule has 2 aromatic rings. The first-order chi connectivity index (χ1) is 13.2. The zero-order chi connectivity index (χ0) is 18.6. The van der Waals surface area contributed by atoms with E-state index >= 15 is 0 Å². The van der Waals surface area contributed by atoms with E-state index in [4.69, 9.17) is 18.9 Å². The van der Waals surface area contributed by atoms with Gasteiger partial charge in [0, 0.05) is 18.3 Å². The summed E-state index contributed by atoms with van der Waals surface area (Å²) in [7, 11) is 1.56. The maximum atomic E-state index is 12.4. The number of nitrogens with zero attached hydrogens (tertiary/aromatic N) is 1. The third-order valence-electron chi connectivity index (χ3n) is 4.87. The van der Waals surface area contributed by atoms with Crippen LogP contribution in [0, 0.1) is 0 Å². The van der Waals surface area contributed by atoms with E-state index in [1.54, 1.807) is 25.6 Å². The first kappa shape index (κ1) is 17.5. The highest BCUT2D eigenvalue weighted by molar-refractivity contribution is 5.94. The summed E-state index contributed by atoms with van der Waals surface area (Å²) in [5.74, 6) is 2.71. The Bertz CT molecular complexity index is 818. The number of fused-ring (bicyclic) bond motifs is 1. The second kappa shape index (κ2) is 7.73. The first-order valence-corrected chi connectivity index (χ1v) is 9.07. The van der Waals surface area contributed by atoms with Crippen molar-refractivity contribution in [2.45, 2.75) is 37.8 Å². The average molecular weight is 370 g/mol. The van der Waals surface area contributed by atoms with Gasteiger partial charge in [0.2, 0.25) is 6.79 Å². The third kappa shape index (κ3) is 4.07. The second-order valence-corrected chi connectivity index (χ2v) is 6.69. The molecule has 0 saturated heterocycles. The Balaban J connectivity index is 1.28. The molecule has 1 N–H and O–H groups in total. The summed E-state index contributed by atoms with van der Waals surface area (Å²) in [6.45, 7) is 0.256. The van der Waals surface area contributed by atoms with Crippen LogP contribution in [-0.4, -0.2) is 36.9 Å². The molecular formula is C20H22N2O5. The molecule has 7 nitrogen and oxygen atoms in total. The third-order valence-corrected chi connectivity index (χ3v) is 4.87. The fourth-order valence-electron chi connectivity index (χ4n) is 3.39. The minimum atomic E-state index is -0.124. The van der Waals surface area contributed by atoms with E-state index < -0.39 is 0 Å². The van der Waals surface area contributed by atoms with Crippen LogP contribution in [0.4, 0.5) is 0 Å². The van der Waals surface area contributed by atoms with E-state index in [9.17, 15) is 4.79 Å².